The number of thiophene rings is 1. The van der Waals surface area contributed by atoms with Crippen LogP contribution in [0.4, 0.5) is 0 Å². The Hall–Kier alpha value is -2.01. The maximum absolute atomic E-state index is 13.2. The van der Waals surface area contributed by atoms with Crippen molar-refractivity contribution in [1.29, 1.82) is 0 Å². The van der Waals surface area contributed by atoms with E-state index in [0.29, 0.717) is 11.3 Å². The van der Waals surface area contributed by atoms with E-state index >= 15 is 0 Å². The zero-order valence-electron chi connectivity index (χ0n) is 13.3. The van der Waals surface area contributed by atoms with Crippen LogP contribution in [-0.2, 0) is 12.8 Å². The predicted octanol–water partition coefficient (Wildman–Crippen LogP) is 3.46. The van der Waals surface area contributed by atoms with Gasteiger partial charge in [-0.15, -0.1) is 11.3 Å². The van der Waals surface area contributed by atoms with Gasteiger partial charge in [0.05, 0.1) is 18.7 Å². The number of amides is 1. The third kappa shape index (κ3) is 2.14. The van der Waals surface area contributed by atoms with E-state index < -0.39 is 0 Å². The van der Waals surface area contributed by atoms with Crippen LogP contribution in [0.25, 0.3) is 0 Å². The first-order chi connectivity index (χ1) is 11.1. The summed E-state index contributed by atoms with van der Waals surface area (Å²) in [6, 6.07) is 5.84. The molecule has 1 atom stereocenters. The third-order valence-corrected chi connectivity index (χ3v) is 6.00. The molecule has 2 aliphatic rings. The van der Waals surface area contributed by atoms with Crippen molar-refractivity contribution in [1.82, 2.24) is 4.90 Å². The molecule has 5 heteroatoms. The number of nitrogens with zero attached hydrogens (tertiary/aromatic N) is 1. The molecular formula is C18H19NO3S. The Morgan fingerprint density at radius 2 is 2.17 bits per heavy atom. The Morgan fingerprint density at radius 3 is 2.96 bits per heavy atom. The molecule has 23 heavy (non-hydrogen) atoms. The van der Waals surface area contributed by atoms with Gasteiger partial charge >= 0.3 is 0 Å². The Balaban J connectivity index is 1.83. The van der Waals surface area contributed by atoms with E-state index in [4.69, 9.17) is 4.74 Å². The van der Waals surface area contributed by atoms with Crippen LogP contribution in [0.1, 0.15) is 43.7 Å². The highest BCUT2D eigenvalue weighted by Crippen LogP contribution is 2.43. The van der Waals surface area contributed by atoms with E-state index in [1.54, 1.807) is 6.07 Å². The average Bonchev–Trinajstić information content (AvgIpc) is 2.86. The van der Waals surface area contributed by atoms with Crippen molar-refractivity contribution in [2.75, 3.05) is 13.7 Å². The van der Waals surface area contributed by atoms with Gasteiger partial charge in [0.25, 0.3) is 5.91 Å². The normalized spacial score (nSPS) is 19.7. The van der Waals surface area contributed by atoms with Gasteiger partial charge < -0.3 is 14.7 Å². The van der Waals surface area contributed by atoms with Gasteiger partial charge in [0.2, 0.25) is 0 Å². The molecule has 120 valence electrons. The van der Waals surface area contributed by atoms with Gasteiger partial charge in [-0.1, -0.05) is 6.07 Å². The van der Waals surface area contributed by atoms with Crippen molar-refractivity contribution in [2.45, 2.75) is 32.2 Å². The molecule has 0 aliphatic carbocycles. The smallest absolute Gasteiger partial charge is 0.258 e. The number of hydrogen-bond donors (Lipinski definition) is 1. The SMILES string of the molecule is COc1c(O)ccc2c1C(=O)N1CCc3sc(C)cc3[C@@H]1CC2. The van der Waals surface area contributed by atoms with Crippen molar-refractivity contribution in [3.63, 3.8) is 0 Å². The Bertz CT molecular complexity index is 796. The van der Waals surface area contributed by atoms with E-state index in [9.17, 15) is 9.90 Å². The van der Waals surface area contributed by atoms with Crippen LogP contribution < -0.4 is 4.74 Å². The first kappa shape index (κ1) is 14.6. The lowest BCUT2D eigenvalue weighted by molar-refractivity contribution is 0.0661. The molecular weight excluding hydrogens is 310 g/mol. The first-order valence-corrected chi connectivity index (χ1v) is 8.70. The quantitative estimate of drug-likeness (QED) is 0.872. The molecule has 1 aromatic carbocycles. The molecule has 1 N–H and O–H groups in total. The summed E-state index contributed by atoms with van der Waals surface area (Å²) in [4.78, 5) is 17.8. The number of aromatic hydroxyl groups is 1. The molecule has 2 aliphatic heterocycles. The van der Waals surface area contributed by atoms with Crippen LogP contribution in [0.15, 0.2) is 18.2 Å². The summed E-state index contributed by atoms with van der Waals surface area (Å²) >= 11 is 1.85. The largest absolute Gasteiger partial charge is 0.504 e. The number of methoxy groups -OCH3 is 1. The number of phenolic OH excluding ortho intramolecular Hbond substituents is 1. The number of benzene rings is 1. The number of aryl methyl sites for hydroxylation is 2. The number of phenols is 1. The summed E-state index contributed by atoms with van der Waals surface area (Å²) < 4.78 is 5.33. The van der Waals surface area contributed by atoms with E-state index in [1.807, 2.05) is 22.3 Å². The van der Waals surface area contributed by atoms with Crippen LogP contribution in [0.5, 0.6) is 11.5 Å². The van der Waals surface area contributed by atoms with Gasteiger partial charge in [0.1, 0.15) is 0 Å². The summed E-state index contributed by atoms with van der Waals surface area (Å²) in [5, 5.41) is 10.0. The van der Waals surface area contributed by atoms with Crippen LogP contribution in [-0.4, -0.2) is 29.6 Å². The summed E-state index contributed by atoms with van der Waals surface area (Å²) in [7, 11) is 1.50. The fourth-order valence-electron chi connectivity index (χ4n) is 3.86. The maximum atomic E-state index is 13.2. The molecule has 0 spiro atoms. The molecule has 0 radical (unpaired) electrons. The first-order valence-electron chi connectivity index (χ1n) is 7.89. The number of ether oxygens (including phenoxy) is 1. The van der Waals surface area contributed by atoms with Crippen LogP contribution in [0.3, 0.4) is 0 Å². The molecule has 0 saturated carbocycles. The van der Waals surface area contributed by atoms with Gasteiger partial charge in [-0.2, -0.15) is 0 Å². The van der Waals surface area contributed by atoms with E-state index in [2.05, 4.69) is 13.0 Å². The Kier molecular flexibility index (Phi) is 3.34. The highest BCUT2D eigenvalue weighted by Gasteiger charge is 2.37. The molecule has 2 aromatic rings. The second-order valence-electron chi connectivity index (χ2n) is 6.19. The molecule has 0 saturated heterocycles. The van der Waals surface area contributed by atoms with Crippen molar-refractivity contribution < 1.29 is 14.6 Å². The molecule has 4 rings (SSSR count). The minimum Gasteiger partial charge on any atom is -0.504 e. The predicted molar refractivity (Wildman–Crippen MR) is 89.5 cm³/mol. The highest BCUT2D eigenvalue weighted by atomic mass is 32.1. The van der Waals surface area contributed by atoms with Crippen molar-refractivity contribution in [3.05, 3.63) is 44.6 Å². The minimum absolute atomic E-state index is 0.0234. The van der Waals surface area contributed by atoms with Crippen LogP contribution in [0, 0.1) is 6.92 Å². The molecule has 1 aromatic heterocycles. The second kappa shape index (κ2) is 5.27. The third-order valence-electron chi connectivity index (χ3n) is 4.87. The molecule has 3 heterocycles. The topological polar surface area (TPSA) is 49.8 Å². The number of rotatable bonds is 1. The molecule has 0 unspecified atom stereocenters. The van der Waals surface area contributed by atoms with E-state index in [0.717, 1.165) is 31.4 Å². The lowest BCUT2D eigenvalue weighted by Crippen LogP contribution is -2.38. The zero-order chi connectivity index (χ0) is 16.1. The van der Waals surface area contributed by atoms with Crippen molar-refractivity contribution in [3.8, 4) is 11.5 Å². The van der Waals surface area contributed by atoms with Crippen molar-refractivity contribution >= 4 is 17.2 Å². The van der Waals surface area contributed by atoms with Crippen LogP contribution in [0.2, 0.25) is 0 Å². The van der Waals surface area contributed by atoms with Gasteiger partial charge in [0, 0.05) is 16.3 Å². The van der Waals surface area contributed by atoms with Gasteiger partial charge in [-0.05, 0) is 49.4 Å². The summed E-state index contributed by atoms with van der Waals surface area (Å²) in [6.45, 7) is 2.86. The monoisotopic (exact) mass is 329 g/mol. The Morgan fingerprint density at radius 1 is 1.35 bits per heavy atom. The lowest BCUT2D eigenvalue weighted by atomic mass is 9.95. The fourth-order valence-corrected chi connectivity index (χ4v) is 4.94. The summed E-state index contributed by atoms with van der Waals surface area (Å²) in [6.07, 6.45) is 2.63. The number of fused-ring (bicyclic) bond motifs is 4. The van der Waals surface area contributed by atoms with Gasteiger partial charge in [-0.3, -0.25) is 4.79 Å². The highest BCUT2D eigenvalue weighted by molar-refractivity contribution is 7.12. The van der Waals surface area contributed by atoms with Crippen molar-refractivity contribution in [2.24, 2.45) is 0 Å². The van der Waals surface area contributed by atoms with Gasteiger partial charge in [0.15, 0.2) is 11.5 Å². The van der Waals surface area contributed by atoms with E-state index in [1.165, 1.54) is 22.4 Å². The maximum Gasteiger partial charge on any atom is 0.258 e. The Labute approximate surface area is 139 Å². The van der Waals surface area contributed by atoms with Gasteiger partial charge in [-0.25, -0.2) is 0 Å². The van der Waals surface area contributed by atoms with E-state index in [-0.39, 0.29) is 17.7 Å². The summed E-state index contributed by atoms with van der Waals surface area (Å²) in [5.74, 6) is 0.312. The lowest BCUT2D eigenvalue weighted by Gasteiger charge is -2.34. The van der Waals surface area contributed by atoms with Crippen LogP contribution >= 0.6 is 11.3 Å². The molecule has 0 fully saturated rings. The number of carbonyl (C=O) groups excluding carboxylic acids is 1. The molecule has 4 nitrogen and oxygen atoms in total. The summed E-state index contributed by atoms with van der Waals surface area (Å²) in [5.41, 5.74) is 2.81. The fraction of sp³-hybridized carbons (Fsp3) is 0.389. The minimum atomic E-state index is -0.0234. The molecule has 0 bridgehead atoms. The number of hydrogen-bond acceptors (Lipinski definition) is 4. The average molecular weight is 329 g/mol. The second-order valence-corrected chi connectivity index (χ2v) is 7.53. The standard InChI is InChI=1S/C18H19NO3S/c1-10-9-12-13-5-3-11-4-6-14(20)17(22-2)16(11)18(21)19(13)8-7-15(12)23-10/h4,6,9,13,20H,3,5,7-8H2,1-2H3/t13-/m0/s1. The zero-order valence-corrected chi connectivity index (χ0v) is 14.1. The molecule has 1 amide bonds. The number of carbonyl (C=O) groups is 1.